The highest BCUT2D eigenvalue weighted by Gasteiger charge is 2.42. The van der Waals surface area contributed by atoms with Crippen molar-refractivity contribution in [1.82, 2.24) is 15.8 Å². The normalized spacial score (nSPS) is 17.6. The molecule has 0 bridgehead atoms. The molecule has 0 aromatic carbocycles. The molecule has 3 N–H and O–H groups in total. The average molecular weight is 197 g/mol. The van der Waals surface area contributed by atoms with Crippen LogP contribution in [0.1, 0.15) is 27.7 Å². The van der Waals surface area contributed by atoms with E-state index in [1.807, 2.05) is 13.8 Å². The van der Waals surface area contributed by atoms with Gasteiger partial charge in [0.25, 0.3) is 0 Å². The number of imide groups is 1. The lowest BCUT2D eigenvalue weighted by Crippen LogP contribution is -2.68. The standard InChI is InChI=1S/C8H16BN3O2/c1-5(2)8(3,4)9-11-6(13)10-7(14)12-9/h5H,1-4H3,(H3,10,11,12,13,14). The number of carbonyl (C=O) groups excluding carboxylic acids is 2. The zero-order valence-corrected chi connectivity index (χ0v) is 8.97. The van der Waals surface area contributed by atoms with Gasteiger partial charge < -0.3 is 10.5 Å². The van der Waals surface area contributed by atoms with Crippen LogP contribution >= 0.6 is 0 Å². The molecule has 0 saturated carbocycles. The van der Waals surface area contributed by atoms with Crippen LogP contribution in [0.25, 0.3) is 0 Å². The Morgan fingerprint density at radius 2 is 1.57 bits per heavy atom. The third kappa shape index (κ3) is 2.00. The summed E-state index contributed by atoms with van der Waals surface area (Å²) >= 11 is 0. The number of nitrogens with one attached hydrogen (secondary N) is 3. The minimum Gasteiger partial charge on any atom is -0.361 e. The number of urea groups is 2. The molecule has 1 rings (SSSR count). The molecule has 1 heterocycles. The van der Waals surface area contributed by atoms with Gasteiger partial charge in [-0.3, -0.25) is 5.32 Å². The lowest BCUT2D eigenvalue weighted by molar-refractivity contribution is 0.228. The first kappa shape index (κ1) is 10.9. The highest BCUT2D eigenvalue weighted by Crippen LogP contribution is 2.35. The Kier molecular flexibility index (Phi) is 2.73. The fraction of sp³-hybridized carbons (Fsp3) is 0.750. The van der Waals surface area contributed by atoms with E-state index in [0.29, 0.717) is 5.92 Å². The molecule has 14 heavy (non-hydrogen) atoms. The Hall–Kier alpha value is -1.20. The molecule has 0 unspecified atom stereocenters. The van der Waals surface area contributed by atoms with Crippen LogP contribution in [0.3, 0.4) is 0 Å². The summed E-state index contributed by atoms with van der Waals surface area (Å²) in [6, 6.07) is -0.875. The van der Waals surface area contributed by atoms with Gasteiger partial charge in [0.05, 0.1) is 0 Å². The van der Waals surface area contributed by atoms with Crippen LogP contribution < -0.4 is 15.8 Å². The number of hydrogen-bond donors (Lipinski definition) is 3. The Bertz CT molecular complexity index is 249. The van der Waals surface area contributed by atoms with Crippen molar-refractivity contribution < 1.29 is 9.59 Å². The molecular weight excluding hydrogens is 181 g/mol. The van der Waals surface area contributed by atoms with Crippen LogP contribution in [0.5, 0.6) is 0 Å². The predicted octanol–water partition coefficient (Wildman–Crippen LogP) is 0.933. The maximum atomic E-state index is 11.1. The first-order chi connectivity index (χ1) is 6.34. The van der Waals surface area contributed by atoms with Crippen molar-refractivity contribution in [3.05, 3.63) is 0 Å². The highest BCUT2D eigenvalue weighted by molar-refractivity contribution is 6.63. The molecule has 1 aliphatic heterocycles. The second kappa shape index (κ2) is 3.51. The molecular formula is C8H16BN3O2. The van der Waals surface area contributed by atoms with Gasteiger partial charge in [0.15, 0.2) is 0 Å². The Labute approximate surface area is 84.1 Å². The molecule has 0 aliphatic carbocycles. The quantitative estimate of drug-likeness (QED) is 0.576. The first-order valence-corrected chi connectivity index (χ1v) is 4.72. The van der Waals surface area contributed by atoms with Crippen LogP contribution in [0, 0.1) is 5.92 Å². The predicted molar refractivity (Wildman–Crippen MR) is 54.8 cm³/mol. The Morgan fingerprint density at radius 3 is 1.93 bits per heavy atom. The molecule has 0 aromatic rings. The minimum atomic E-state index is -0.438. The molecule has 4 amide bonds. The molecule has 1 aliphatic rings. The molecule has 6 heteroatoms. The van der Waals surface area contributed by atoms with E-state index in [0.717, 1.165) is 0 Å². The first-order valence-electron chi connectivity index (χ1n) is 4.72. The fourth-order valence-corrected chi connectivity index (χ4v) is 1.18. The lowest BCUT2D eigenvalue weighted by atomic mass is 9.47. The van der Waals surface area contributed by atoms with Gasteiger partial charge in [-0.2, -0.15) is 0 Å². The molecule has 1 fully saturated rings. The monoisotopic (exact) mass is 197 g/mol. The van der Waals surface area contributed by atoms with Gasteiger partial charge in [0, 0.05) is 0 Å². The van der Waals surface area contributed by atoms with E-state index in [9.17, 15) is 9.59 Å². The van der Waals surface area contributed by atoms with Crippen molar-refractivity contribution in [2.24, 2.45) is 5.92 Å². The Morgan fingerprint density at radius 1 is 1.14 bits per heavy atom. The van der Waals surface area contributed by atoms with Crippen LogP contribution in [0.15, 0.2) is 0 Å². The summed E-state index contributed by atoms with van der Waals surface area (Å²) in [7, 11) is 0. The summed E-state index contributed by atoms with van der Waals surface area (Å²) in [5.74, 6) is 0.353. The van der Waals surface area contributed by atoms with E-state index in [2.05, 4.69) is 29.6 Å². The van der Waals surface area contributed by atoms with Crippen molar-refractivity contribution in [1.29, 1.82) is 0 Å². The van der Waals surface area contributed by atoms with Gasteiger partial charge in [-0.15, -0.1) is 0 Å². The van der Waals surface area contributed by atoms with Gasteiger partial charge in [-0.25, -0.2) is 9.59 Å². The van der Waals surface area contributed by atoms with Crippen LogP contribution in [-0.2, 0) is 0 Å². The lowest BCUT2D eigenvalue weighted by Gasteiger charge is -2.36. The number of rotatable bonds is 2. The van der Waals surface area contributed by atoms with Gasteiger partial charge in [-0.1, -0.05) is 27.7 Å². The van der Waals surface area contributed by atoms with Crippen LogP contribution in [0.4, 0.5) is 9.59 Å². The third-order valence-electron chi connectivity index (χ3n) is 3.01. The highest BCUT2D eigenvalue weighted by atomic mass is 16.2. The van der Waals surface area contributed by atoms with Gasteiger partial charge in [0.1, 0.15) is 0 Å². The van der Waals surface area contributed by atoms with Crippen LogP contribution in [0.2, 0.25) is 5.31 Å². The molecule has 0 spiro atoms. The molecule has 5 nitrogen and oxygen atoms in total. The summed E-state index contributed by atoms with van der Waals surface area (Å²) < 4.78 is 0. The van der Waals surface area contributed by atoms with Crippen molar-refractivity contribution in [2.75, 3.05) is 0 Å². The summed E-state index contributed by atoms with van der Waals surface area (Å²) in [6.07, 6.45) is 0. The molecule has 0 radical (unpaired) electrons. The van der Waals surface area contributed by atoms with Crippen molar-refractivity contribution >= 4 is 19.0 Å². The minimum absolute atomic E-state index is 0.173. The molecule has 0 atom stereocenters. The molecule has 0 aromatic heterocycles. The van der Waals surface area contributed by atoms with E-state index in [-0.39, 0.29) is 12.3 Å². The van der Waals surface area contributed by atoms with Crippen LogP contribution in [-0.4, -0.2) is 19.0 Å². The zero-order chi connectivity index (χ0) is 10.9. The number of hydrogen-bond acceptors (Lipinski definition) is 2. The average Bonchev–Trinajstić information content (AvgIpc) is 2.01. The zero-order valence-electron chi connectivity index (χ0n) is 8.97. The summed E-state index contributed by atoms with van der Waals surface area (Å²) in [5.41, 5.74) is 0. The second-order valence-corrected chi connectivity index (χ2v) is 4.48. The SMILES string of the molecule is CC(C)C(C)(C)B1NC(=O)NC(=O)N1. The van der Waals surface area contributed by atoms with E-state index in [1.54, 1.807) is 0 Å². The smallest absolute Gasteiger partial charge is 0.361 e. The maximum absolute atomic E-state index is 11.1. The second-order valence-electron chi connectivity index (χ2n) is 4.48. The van der Waals surface area contributed by atoms with Crippen molar-refractivity contribution in [2.45, 2.75) is 33.0 Å². The summed E-state index contributed by atoms with van der Waals surface area (Å²) in [5, 5.41) is 7.32. The molecule has 1 saturated heterocycles. The van der Waals surface area contributed by atoms with Gasteiger partial charge in [-0.05, 0) is 11.2 Å². The van der Waals surface area contributed by atoms with E-state index >= 15 is 0 Å². The number of amides is 4. The third-order valence-corrected chi connectivity index (χ3v) is 3.01. The van der Waals surface area contributed by atoms with Crippen molar-refractivity contribution in [3.63, 3.8) is 0 Å². The number of carbonyl (C=O) groups is 2. The van der Waals surface area contributed by atoms with E-state index in [1.165, 1.54) is 0 Å². The Balaban J connectivity index is 2.77. The molecule has 78 valence electrons. The summed E-state index contributed by atoms with van der Waals surface area (Å²) in [4.78, 5) is 22.1. The van der Waals surface area contributed by atoms with E-state index in [4.69, 9.17) is 0 Å². The van der Waals surface area contributed by atoms with E-state index < -0.39 is 12.1 Å². The van der Waals surface area contributed by atoms with Gasteiger partial charge in [0.2, 0.25) is 0 Å². The van der Waals surface area contributed by atoms with Crippen molar-refractivity contribution in [3.8, 4) is 0 Å². The topological polar surface area (TPSA) is 70.2 Å². The largest absolute Gasteiger partial charge is 0.383 e. The summed E-state index contributed by atoms with van der Waals surface area (Å²) in [6.45, 7) is 7.81. The maximum Gasteiger partial charge on any atom is 0.383 e. The van der Waals surface area contributed by atoms with Gasteiger partial charge >= 0.3 is 19.0 Å². The fourth-order valence-electron chi connectivity index (χ4n) is 1.18.